The molecule has 15 heavy (non-hydrogen) atoms. The number of amides is 2. The summed E-state index contributed by atoms with van der Waals surface area (Å²) < 4.78 is 0. The molecular formula is C9H14N2O4. The highest BCUT2D eigenvalue weighted by Crippen LogP contribution is 2.09. The predicted molar refractivity (Wildman–Crippen MR) is 51.1 cm³/mol. The Hall–Kier alpha value is -1.59. The van der Waals surface area contributed by atoms with Crippen LogP contribution >= 0.6 is 0 Å². The number of rotatable bonds is 3. The number of carboxylic acid groups (broad SMARTS) is 1. The van der Waals surface area contributed by atoms with Gasteiger partial charge in [0.05, 0.1) is 0 Å². The summed E-state index contributed by atoms with van der Waals surface area (Å²) in [5.41, 5.74) is 0. The average Bonchev–Trinajstić information content (AvgIpc) is 2.16. The fourth-order valence-corrected chi connectivity index (χ4v) is 1.65. The van der Waals surface area contributed by atoms with E-state index in [0.717, 1.165) is 0 Å². The van der Waals surface area contributed by atoms with Crippen molar-refractivity contribution in [1.82, 2.24) is 10.2 Å². The van der Waals surface area contributed by atoms with Crippen molar-refractivity contribution in [2.75, 3.05) is 13.1 Å². The number of hydrogen-bond donors (Lipinski definition) is 2. The molecule has 1 fully saturated rings. The third-order valence-electron chi connectivity index (χ3n) is 2.34. The van der Waals surface area contributed by atoms with Crippen LogP contribution in [0.4, 0.5) is 0 Å². The van der Waals surface area contributed by atoms with Crippen molar-refractivity contribution < 1.29 is 19.5 Å². The summed E-state index contributed by atoms with van der Waals surface area (Å²) in [6.07, 6.45) is -0.0546. The molecule has 0 radical (unpaired) electrons. The number of carbonyl (C=O) groups excluding carboxylic acids is 2. The van der Waals surface area contributed by atoms with E-state index in [0.29, 0.717) is 19.5 Å². The molecule has 1 aliphatic rings. The second-order valence-electron chi connectivity index (χ2n) is 3.37. The van der Waals surface area contributed by atoms with Crippen LogP contribution in [0.25, 0.3) is 0 Å². The maximum Gasteiger partial charge on any atom is 0.312 e. The van der Waals surface area contributed by atoms with Crippen LogP contribution in [0.15, 0.2) is 0 Å². The van der Waals surface area contributed by atoms with Gasteiger partial charge in [-0.15, -0.1) is 0 Å². The summed E-state index contributed by atoms with van der Waals surface area (Å²) in [5.74, 6) is -1.87. The average molecular weight is 214 g/mol. The van der Waals surface area contributed by atoms with Gasteiger partial charge in [-0.3, -0.25) is 14.4 Å². The molecule has 84 valence electrons. The highest BCUT2D eigenvalue weighted by Gasteiger charge is 2.31. The van der Waals surface area contributed by atoms with Gasteiger partial charge in [0.1, 0.15) is 12.5 Å². The fourth-order valence-electron chi connectivity index (χ4n) is 1.65. The largest absolute Gasteiger partial charge is 0.481 e. The molecule has 1 heterocycles. The molecule has 0 aliphatic carbocycles. The van der Waals surface area contributed by atoms with Crippen molar-refractivity contribution in [3.63, 3.8) is 0 Å². The van der Waals surface area contributed by atoms with E-state index in [1.54, 1.807) is 6.92 Å². The van der Waals surface area contributed by atoms with E-state index in [1.807, 2.05) is 0 Å². The van der Waals surface area contributed by atoms with E-state index in [9.17, 15) is 14.4 Å². The van der Waals surface area contributed by atoms with Crippen molar-refractivity contribution in [2.45, 2.75) is 25.8 Å². The standard InChI is InChI=1S/C9H14N2O4/c1-2-6-9(15)10-3-4-11(6)7(12)5-8(13)14/h6H,2-5H2,1H3,(H,10,15)(H,13,14). The van der Waals surface area contributed by atoms with Gasteiger partial charge in [0, 0.05) is 13.1 Å². The summed E-state index contributed by atoms with van der Waals surface area (Å²) >= 11 is 0. The molecule has 0 saturated carbocycles. The molecule has 1 saturated heterocycles. The molecule has 6 nitrogen and oxygen atoms in total. The van der Waals surface area contributed by atoms with Crippen molar-refractivity contribution in [3.05, 3.63) is 0 Å². The molecule has 0 aromatic heterocycles. The maximum absolute atomic E-state index is 11.5. The lowest BCUT2D eigenvalue weighted by Gasteiger charge is -2.34. The molecule has 1 unspecified atom stereocenters. The van der Waals surface area contributed by atoms with Crippen LogP contribution in [0.1, 0.15) is 19.8 Å². The van der Waals surface area contributed by atoms with E-state index in [2.05, 4.69) is 5.32 Å². The van der Waals surface area contributed by atoms with Crippen LogP contribution in [-0.4, -0.2) is 46.9 Å². The Kier molecular flexibility index (Phi) is 3.65. The zero-order chi connectivity index (χ0) is 11.4. The van der Waals surface area contributed by atoms with Crippen LogP contribution in [0.3, 0.4) is 0 Å². The summed E-state index contributed by atoms with van der Waals surface area (Å²) in [6.45, 7) is 2.56. The third kappa shape index (κ3) is 2.68. The van der Waals surface area contributed by atoms with Crippen LogP contribution in [0, 0.1) is 0 Å². The minimum atomic E-state index is -1.17. The Morgan fingerprint density at radius 3 is 2.80 bits per heavy atom. The van der Waals surface area contributed by atoms with Gasteiger partial charge in [-0.05, 0) is 6.42 Å². The molecule has 1 rings (SSSR count). The zero-order valence-electron chi connectivity index (χ0n) is 8.52. The highest BCUT2D eigenvalue weighted by molar-refractivity contribution is 5.96. The number of carboxylic acids is 1. The van der Waals surface area contributed by atoms with Gasteiger partial charge in [-0.2, -0.15) is 0 Å². The molecule has 1 aliphatic heterocycles. The van der Waals surface area contributed by atoms with E-state index in [-0.39, 0.29) is 5.91 Å². The van der Waals surface area contributed by atoms with Crippen LogP contribution in [0.2, 0.25) is 0 Å². The number of aliphatic carboxylic acids is 1. The lowest BCUT2D eigenvalue weighted by molar-refractivity contribution is -0.149. The number of carbonyl (C=O) groups is 3. The van der Waals surface area contributed by atoms with Gasteiger partial charge in [0.2, 0.25) is 11.8 Å². The minimum absolute atomic E-state index is 0.206. The Morgan fingerprint density at radius 2 is 2.27 bits per heavy atom. The molecule has 0 spiro atoms. The molecular weight excluding hydrogens is 200 g/mol. The SMILES string of the molecule is CCC1C(=O)NCCN1C(=O)CC(=O)O. The van der Waals surface area contributed by atoms with E-state index in [1.165, 1.54) is 4.90 Å². The molecule has 1 atom stereocenters. The predicted octanol–water partition coefficient (Wildman–Crippen LogP) is -0.802. The fraction of sp³-hybridized carbons (Fsp3) is 0.667. The first kappa shape index (κ1) is 11.5. The lowest BCUT2D eigenvalue weighted by Crippen LogP contribution is -2.57. The normalized spacial score (nSPS) is 21.0. The zero-order valence-corrected chi connectivity index (χ0v) is 8.52. The van der Waals surface area contributed by atoms with Gasteiger partial charge in [0.25, 0.3) is 0 Å². The second kappa shape index (κ2) is 4.77. The topological polar surface area (TPSA) is 86.7 Å². The highest BCUT2D eigenvalue weighted by atomic mass is 16.4. The molecule has 0 aromatic rings. The summed E-state index contributed by atoms with van der Waals surface area (Å²) in [5, 5.41) is 11.1. The Bertz CT molecular complexity index is 290. The summed E-state index contributed by atoms with van der Waals surface area (Å²) in [6, 6.07) is -0.523. The van der Waals surface area contributed by atoms with Crippen LogP contribution < -0.4 is 5.32 Å². The Morgan fingerprint density at radius 1 is 1.60 bits per heavy atom. The number of nitrogens with zero attached hydrogens (tertiary/aromatic N) is 1. The monoisotopic (exact) mass is 214 g/mol. The molecule has 0 aromatic carbocycles. The molecule has 0 bridgehead atoms. The van der Waals surface area contributed by atoms with E-state index < -0.39 is 24.3 Å². The minimum Gasteiger partial charge on any atom is -0.481 e. The van der Waals surface area contributed by atoms with Crippen molar-refractivity contribution in [2.24, 2.45) is 0 Å². The number of nitrogens with one attached hydrogen (secondary N) is 1. The number of hydrogen-bond acceptors (Lipinski definition) is 3. The quantitative estimate of drug-likeness (QED) is 0.602. The Balaban J connectivity index is 2.69. The van der Waals surface area contributed by atoms with Gasteiger partial charge < -0.3 is 15.3 Å². The second-order valence-corrected chi connectivity index (χ2v) is 3.37. The molecule has 6 heteroatoms. The van der Waals surface area contributed by atoms with E-state index >= 15 is 0 Å². The van der Waals surface area contributed by atoms with Crippen molar-refractivity contribution in [3.8, 4) is 0 Å². The van der Waals surface area contributed by atoms with Crippen LogP contribution in [-0.2, 0) is 14.4 Å². The number of piperazine rings is 1. The molecule has 2 amide bonds. The summed E-state index contributed by atoms with van der Waals surface area (Å²) in [4.78, 5) is 34.6. The van der Waals surface area contributed by atoms with Crippen LogP contribution in [0.5, 0.6) is 0 Å². The van der Waals surface area contributed by atoms with Gasteiger partial charge in [0.15, 0.2) is 0 Å². The first-order valence-electron chi connectivity index (χ1n) is 4.85. The smallest absolute Gasteiger partial charge is 0.312 e. The van der Waals surface area contributed by atoms with Crippen molar-refractivity contribution in [1.29, 1.82) is 0 Å². The Labute approximate surface area is 87.2 Å². The first-order valence-corrected chi connectivity index (χ1v) is 4.85. The lowest BCUT2D eigenvalue weighted by atomic mass is 10.1. The molecule has 2 N–H and O–H groups in total. The van der Waals surface area contributed by atoms with Gasteiger partial charge in [-0.1, -0.05) is 6.92 Å². The van der Waals surface area contributed by atoms with Gasteiger partial charge in [-0.25, -0.2) is 0 Å². The van der Waals surface area contributed by atoms with Gasteiger partial charge >= 0.3 is 5.97 Å². The van der Waals surface area contributed by atoms with E-state index in [4.69, 9.17) is 5.11 Å². The first-order chi connectivity index (χ1) is 7.06. The third-order valence-corrected chi connectivity index (χ3v) is 2.34. The van der Waals surface area contributed by atoms with Crippen molar-refractivity contribution >= 4 is 17.8 Å². The summed E-state index contributed by atoms with van der Waals surface area (Å²) in [7, 11) is 0. The maximum atomic E-state index is 11.5.